The molecule has 63 heavy (non-hydrogen) atoms. The molecule has 1 aliphatic heterocycles. The van der Waals surface area contributed by atoms with Gasteiger partial charge in [-0.15, -0.1) is 0 Å². The standard InChI is InChI=1S/C46H59N7O10/c1-8-31-41(44(59)53(43(31)58)30(25-54)10-11-39(55)47-3)36(9-2)49-15-17-63-19-18-62-16-13-40(56)50-46-26-45(46,27-46)28-51(4)23-35-37(60-6)20-29(21-38(35)61-7)34-24-52(5)42(57)33-22-48-14-12-32(33)34/h9,12,14,20-22,24-25,30,49H,8,10-11,13,15-19,23,26-28H2,1-7H3,(H,47,55)(H,50,56)/b36-9+. The summed E-state index contributed by atoms with van der Waals surface area (Å²) in [6.45, 7) is 6.38. The molecule has 3 N–H and O–H groups in total. The molecular weight excluding hydrogens is 811 g/mol. The fraction of sp³-hybridized carbons (Fsp3) is 0.500. The molecule has 1 unspecified atom stereocenters. The van der Waals surface area contributed by atoms with Crippen molar-refractivity contribution in [2.45, 2.75) is 70.5 Å². The topological polar surface area (TPSA) is 200 Å². The Balaban J connectivity index is 0.900. The van der Waals surface area contributed by atoms with Gasteiger partial charge in [0, 0.05) is 92.9 Å². The largest absolute Gasteiger partial charge is 0.496 e. The van der Waals surface area contributed by atoms with Crippen LogP contribution in [0.3, 0.4) is 0 Å². The average molecular weight is 870 g/mol. The van der Waals surface area contributed by atoms with Gasteiger partial charge in [-0.1, -0.05) is 13.0 Å². The summed E-state index contributed by atoms with van der Waals surface area (Å²) in [7, 11) is 8.53. The molecule has 0 spiro atoms. The number of hydrogen-bond acceptors (Lipinski definition) is 13. The molecule has 4 amide bonds. The zero-order valence-corrected chi connectivity index (χ0v) is 37.3. The van der Waals surface area contributed by atoms with Crippen molar-refractivity contribution < 1.29 is 42.9 Å². The number of nitrogens with zero attached hydrogens (tertiary/aromatic N) is 4. The fourth-order valence-corrected chi connectivity index (χ4v) is 8.75. The second kappa shape index (κ2) is 20.1. The minimum absolute atomic E-state index is 0.00318. The molecule has 2 aliphatic carbocycles. The Morgan fingerprint density at radius 3 is 2.32 bits per heavy atom. The number of amides is 4. The van der Waals surface area contributed by atoms with Gasteiger partial charge in [0.25, 0.3) is 17.4 Å². The summed E-state index contributed by atoms with van der Waals surface area (Å²) in [5.41, 5.74) is 3.36. The molecule has 3 aliphatic rings. The minimum Gasteiger partial charge on any atom is -0.496 e. The van der Waals surface area contributed by atoms with Crippen molar-refractivity contribution in [2.24, 2.45) is 12.5 Å². The number of methoxy groups -OCH3 is 2. The number of aldehydes is 1. The Bertz CT molecular complexity index is 2340. The van der Waals surface area contributed by atoms with E-state index in [1.54, 1.807) is 58.2 Å². The van der Waals surface area contributed by atoms with Gasteiger partial charge >= 0.3 is 0 Å². The molecule has 0 saturated heterocycles. The van der Waals surface area contributed by atoms with E-state index in [4.69, 9.17) is 18.9 Å². The van der Waals surface area contributed by atoms with Gasteiger partial charge in [0.15, 0.2) is 0 Å². The zero-order valence-electron chi connectivity index (χ0n) is 37.3. The molecule has 1 aromatic carbocycles. The van der Waals surface area contributed by atoms with Crippen molar-refractivity contribution in [2.75, 3.05) is 67.8 Å². The number of fused-ring (bicyclic) bond motifs is 2. The number of hydrogen-bond donors (Lipinski definition) is 3. The van der Waals surface area contributed by atoms with E-state index >= 15 is 0 Å². The Morgan fingerprint density at radius 2 is 1.68 bits per heavy atom. The molecule has 338 valence electrons. The highest BCUT2D eigenvalue weighted by Gasteiger charge is 2.83. The van der Waals surface area contributed by atoms with E-state index in [1.807, 2.05) is 24.4 Å². The summed E-state index contributed by atoms with van der Waals surface area (Å²) in [6.07, 6.45) is 9.73. The highest BCUT2D eigenvalue weighted by Crippen LogP contribution is 2.78. The Kier molecular flexibility index (Phi) is 14.8. The number of aryl methyl sites for hydroxylation is 1. The van der Waals surface area contributed by atoms with Crippen LogP contribution in [0.1, 0.15) is 57.9 Å². The van der Waals surface area contributed by atoms with E-state index in [2.05, 4.69) is 32.9 Å². The molecule has 2 fully saturated rings. The first kappa shape index (κ1) is 46.6. The fourth-order valence-electron chi connectivity index (χ4n) is 8.75. The number of carbonyl (C=O) groups is 5. The third-order valence-electron chi connectivity index (χ3n) is 12.3. The van der Waals surface area contributed by atoms with Crippen LogP contribution >= 0.6 is 0 Å². The normalized spacial score (nSPS) is 19.6. The first-order valence-corrected chi connectivity index (χ1v) is 21.3. The van der Waals surface area contributed by atoms with E-state index in [0.717, 1.165) is 46.4 Å². The minimum atomic E-state index is -1.04. The zero-order chi connectivity index (χ0) is 45.5. The van der Waals surface area contributed by atoms with Crippen LogP contribution in [-0.4, -0.2) is 129 Å². The van der Waals surface area contributed by atoms with Gasteiger partial charge in [0.1, 0.15) is 17.8 Å². The maximum absolute atomic E-state index is 13.4. The van der Waals surface area contributed by atoms with Gasteiger partial charge in [0.05, 0.1) is 63.2 Å². The summed E-state index contributed by atoms with van der Waals surface area (Å²) in [5, 5.41) is 10.2. The number of rotatable bonds is 25. The molecule has 17 nitrogen and oxygen atoms in total. The quantitative estimate of drug-likeness (QED) is 0.0639. The van der Waals surface area contributed by atoms with Crippen LogP contribution in [-0.2, 0) is 47.0 Å². The molecular formula is C46H59N7O10. The molecule has 0 bridgehead atoms. The first-order chi connectivity index (χ1) is 30.3. The lowest BCUT2D eigenvalue weighted by Gasteiger charge is -2.22. The number of allylic oxidation sites excluding steroid dienone is 1. The molecule has 1 atom stereocenters. The molecule has 3 heterocycles. The molecule has 17 heteroatoms. The van der Waals surface area contributed by atoms with Crippen molar-refractivity contribution in [3.05, 3.63) is 75.6 Å². The van der Waals surface area contributed by atoms with E-state index in [9.17, 15) is 28.8 Å². The lowest BCUT2D eigenvalue weighted by Crippen LogP contribution is -2.43. The van der Waals surface area contributed by atoms with Crippen molar-refractivity contribution in [1.82, 2.24) is 35.3 Å². The third kappa shape index (κ3) is 9.85. The van der Waals surface area contributed by atoms with Crippen LogP contribution in [0.2, 0.25) is 0 Å². The Labute approximate surface area is 367 Å². The number of imide groups is 1. The van der Waals surface area contributed by atoms with Gasteiger partial charge in [-0.3, -0.25) is 33.9 Å². The van der Waals surface area contributed by atoms with Gasteiger partial charge in [-0.2, -0.15) is 0 Å². The van der Waals surface area contributed by atoms with Crippen LogP contribution in [0, 0.1) is 5.41 Å². The SMILES string of the molecule is C/C=C(/NCCOCCOCCC(=O)NC12CC1(CN(C)Cc1c(OC)cc(-c3cn(C)c(=O)c4cnccc34)cc1OC)C2)C1=C(CC)C(=O)N(C(C=O)CCC(=O)NC)C1=O. The van der Waals surface area contributed by atoms with E-state index in [-0.39, 0.29) is 59.8 Å². The van der Waals surface area contributed by atoms with E-state index in [0.29, 0.717) is 73.8 Å². The Morgan fingerprint density at radius 1 is 0.984 bits per heavy atom. The number of benzene rings is 1. The Hall–Kier alpha value is -5.91. The summed E-state index contributed by atoms with van der Waals surface area (Å²) >= 11 is 0. The molecule has 0 radical (unpaired) electrons. The van der Waals surface area contributed by atoms with Gasteiger partial charge in [-0.05, 0) is 68.8 Å². The number of carbonyl (C=O) groups excluding carboxylic acids is 5. The predicted molar refractivity (Wildman–Crippen MR) is 235 cm³/mol. The summed E-state index contributed by atoms with van der Waals surface area (Å²) < 4.78 is 24.7. The van der Waals surface area contributed by atoms with Crippen molar-refractivity contribution in [3.8, 4) is 22.6 Å². The molecule has 6 rings (SSSR count). The van der Waals surface area contributed by atoms with Gasteiger partial charge in [0.2, 0.25) is 11.8 Å². The van der Waals surface area contributed by atoms with Crippen LogP contribution in [0.25, 0.3) is 21.9 Å². The van der Waals surface area contributed by atoms with Crippen LogP contribution in [0.5, 0.6) is 11.5 Å². The van der Waals surface area contributed by atoms with Crippen LogP contribution in [0.15, 0.2) is 64.5 Å². The summed E-state index contributed by atoms with van der Waals surface area (Å²) in [6, 6.07) is 4.74. The maximum atomic E-state index is 13.4. The lowest BCUT2D eigenvalue weighted by molar-refractivity contribution is -0.143. The number of pyridine rings is 2. The molecule has 2 saturated carbocycles. The van der Waals surface area contributed by atoms with E-state index in [1.165, 1.54) is 7.05 Å². The number of nitrogens with one attached hydrogen (secondary N) is 3. The van der Waals surface area contributed by atoms with E-state index < -0.39 is 17.9 Å². The second-order valence-corrected chi connectivity index (χ2v) is 16.4. The average Bonchev–Trinajstić information content (AvgIpc) is 4.05. The maximum Gasteiger partial charge on any atom is 0.263 e. The first-order valence-electron chi connectivity index (χ1n) is 21.3. The highest BCUT2D eigenvalue weighted by molar-refractivity contribution is 6.22. The predicted octanol–water partition coefficient (Wildman–Crippen LogP) is 2.78. The van der Waals surface area contributed by atoms with Crippen LogP contribution < -0.4 is 31.0 Å². The molecule has 3 aromatic rings. The van der Waals surface area contributed by atoms with Crippen molar-refractivity contribution in [1.29, 1.82) is 0 Å². The van der Waals surface area contributed by atoms with Crippen molar-refractivity contribution >= 4 is 40.7 Å². The molecule has 2 aromatic heterocycles. The van der Waals surface area contributed by atoms with Crippen molar-refractivity contribution in [3.63, 3.8) is 0 Å². The lowest BCUT2D eigenvalue weighted by atomic mass is 9.99. The van der Waals surface area contributed by atoms with Gasteiger partial charge < -0.3 is 49.2 Å². The number of ether oxygens (including phenoxy) is 4. The highest BCUT2D eigenvalue weighted by atomic mass is 16.5. The van der Waals surface area contributed by atoms with Gasteiger partial charge in [-0.25, -0.2) is 0 Å². The summed E-state index contributed by atoms with van der Waals surface area (Å²) in [4.78, 5) is 83.2. The monoisotopic (exact) mass is 869 g/mol. The smallest absolute Gasteiger partial charge is 0.263 e. The summed E-state index contributed by atoms with van der Waals surface area (Å²) in [5.74, 6) is -0.0802. The second-order valence-electron chi connectivity index (χ2n) is 16.4. The third-order valence-corrected chi connectivity index (χ3v) is 12.3. The van der Waals surface area contributed by atoms with Crippen LogP contribution in [0.4, 0.5) is 0 Å². The number of aromatic nitrogens is 2.